The molecule has 0 radical (unpaired) electrons. The van der Waals surface area contributed by atoms with Gasteiger partial charge in [-0.2, -0.15) is 0 Å². The number of anilines is 1. The van der Waals surface area contributed by atoms with E-state index in [1.807, 2.05) is 0 Å². The Morgan fingerprint density at radius 1 is 0.920 bits per heavy atom. The molecule has 0 amide bonds. The van der Waals surface area contributed by atoms with E-state index < -0.39 is 10.0 Å². The Hall–Kier alpha value is -1.44. The molecule has 1 N–H and O–H groups in total. The number of nitrogens with one attached hydrogen (secondary N) is 1. The highest BCUT2D eigenvalue weighted by molar-refractivity contribution is 7.92. The van der Waals surface area contributed by atoms with Gasteiger partial charge in [0.25, 0.3) is 10.0 Å². The third kappa shape index (κ3) is 3.88. The molecule has 0 aliphatic rings. The fourth-order valence-electron chi connectivity index (χ4n) is 2.04. The summed E-state index contributed by atoms with van der Waals surface area (Å²) in [6.45, 7) is 0. The summed E-state index contributed by atoms with van der Waals surface area (Å²) < 4.78 is 28.9. The molecule has 25 heavy (non-hydrogen) atoms. The molecule has 130 valence electrons. The van der Waals surface area contributed by atoms with Crippen molar-refractivity contribution in [3.63, 3.8) is 0 Å². The predicted octanol–water partition coefficient (Wildman–Crippen LogP) is 5.29. The molecule has 10 heteroatoms. The van der Waals surface area contributed by atoms with E-state index in [0.717, 1.165) is 0 Å². The minimum absolute atomic E-state index is 0.00964. The van der Waals surface area contributed by atoms with Crippen LogP contribution in [0.15, 0.2) is 53.7 Å². The van der Waals surface area contributed by atoms with Crippen LogP contribution in [-0.2, 0) is 10.0 Å². The summed E-state index contributed by atoms with van der Waals surface area (Å²) in [5.74, 6) is 0. The molecule has 0 aliphatic carbocycles. The summed E-state index contributed by atoms with van der Waals surface area (Å²) in [7, 11) is -3.79. The monoisotopic (exact) mass is 435 g/mol. The topological polar surface area (TPSA) is 64.0 Å². The van der Waals surface area contributed by atoms with Crippen LogP contribution >= 0.6 is 46.4 Å². The number of sulfonamides is 1. The molecule has 0 saturated heterocycles. The first-order valence-corrected chi connectivity index (χ1v) is 9.74. The Morgan fingerprint density at radius 3 is 2.16 bits per heavy atom. The molecule has 1 heterocycles. The van der Waals surface area contributed by atoms with Gasteiger partial charge in [-0.05, 0) is 42.5 Å². The molecular formula is C15H9Cl4N3O2S. The fraction of sp³-hybridized carbons (Fsp3) is 0. The number of hydrogen-bond donors (Lipinski definition) is 1. The van der Waals surface area contributed by atoms with Crippen molar-refractivity contribution in [2.75, 3.05) is 4.72 Å². The smallest absolute Gasteiger partial charge is 0.261 e. The van der Waals surface area contributed by atoms with Crippen LogP contribution in [0.1, 0.15) is 0 Å². The Labute approximate surface area is 164 Å². The second-order valence-electron chi connectivity index (χ2n) is 4.92. The second kappa shape index (κ2) is 7.05. The van der Waals surface area contributed by atoms with Crippen molar-refractivity contribution in [1.29, 1.82) is 0 Å². The maximum atomic E-state index is 12.4. The van der Waals surface area contributed by atoms with Gasteiger partial charge >= 0.3 is 0 Å². The normalized spacial score (nSPS) is 11.5. The Kier molecular flexibility index (Phi) is 5.18. The molecule has 0 fully saturated rings. The number of halogens is 4. The SMILES string of the molecule is O=S(=O)(Nc1ccc(-n2cnc(Cl)c2Cl)cc1)c1ccc(Cl)c(Cl)c1. The van der Waals surface area contributed by atoms with E-state index in [0.29, 0.717) is 11.4 Å². The largest absolute Gasteiger partial charge is 0.288 e. The molecule has 0 spiro atoms. The lowest BCUT2D eigenvalue weighted by Crippen LogP contribution is -2.13. The summed E-state index contributed by atoms with van der Waals surface area (Å²) in [6.07, 6.45) is 1.47. The van der Waals surface area contributed by atoms with Crippen molar-refractivity contribution in [3.05, 3.63) is 69.1 Å². The quantitative estimate of drug-likeness (QED) is 0.604. The summed E-state index contributed by atoms with van der Waals surface area (Å²) in [6, 6.07) is 10.6. The van der Waals surface area contributed by atoms with Gasteiger partial charge in [-0.1, -0.05) is 46.4 Å². The number of benzene rings is 2. The van der Waals surface area contributed by atoms with Crippen molar-refractivity contribution in [3.8, 4) is 5.69 Å². The molecular weight excluding hydrogens is 428 g/mol. The minimum atomic E-state index is -3.79. The summed E-state index contributed by atoms with van der Waals surface area (Å²) >= 11 is 23.5. The molecule has 2 aromatic carbocycles. The van der Waals surface area contributed by atoms with Crippen molar-refractivity contribution in [1.82, 2.24) is 9.55 Å². The second-order valence-corrected chi connectivity index (χ2v) is 8.14. The lowest BCUT2D eigenvalue weighted by atomic mass is 10.3. The maximum absolute atomic E-state index is 12.4. The molecule has 0 unspecified atom stereocenters. The van der Waals surface area contributed by atoms with Crippen LogP contribution in [0.3, 0.4) is 0 Å². The zero-order chi connectivity index (χ0) is 18.2. The van der Waals surface area contributed by atoms with E-state index in [1.54, 1.807) is 28.8 Å². The standard InChI is InChI=1S/C15H9Cl4N3O2S/c16-12-6-5-11(7-13(12)17)25(23,24)21-9-1-3-10(4-2-9)22-8-20-14(18)15(22)19/h1-8,21H. The average molecular weight is 437 g/mol. The molecule has 3 rings (SSSR count). The molecule has 1 aromatic heterocycles. The van der Waals surface area contributed by atoms with Gasteiger partial charge in [-0.15, -0.1) is 0 Å². The molecule has 0 saturated carbocycles. The lowest BCUT2D eigenvalue weighted by molar-refractivity contribution is 0.601. The average Bonchev–Trinajstić information content (AvgIpc) is 2.90. The molecule has 0 aliphatic heterocycles. The van der Waals surface area contributed by atoms with E-state index in [2.05, 4.69) is 9.71 Å². The van der Waals surface area contributed by atoms with Gasteiger partial charge in [0, 0.05) is 11.4 Å². The predicted molar refractivity (Wildman–Crippen MR) is 101 cm³/mol. The van der Waals surface area contributed by atoms with Crippen molar-refractivity contribution < 1.29 is 8.42 Å². The number of hydrogen-bond acceptors (Lipinski definition) is 3. The number of imidazole rings is 1. The van der Waals surface area contributed by atoms with Gasteiger partial charge in [0.1, 0.15) is 6.33 Å². The maximum Gasteiger partial charge on any atom is 0.261 e. The van der Waals surface area contributed by atoms with Crippen LogP contribution in [0.4, 0.5) is 5.69 Å². The number of rotatable bonds is 4. The third-order valence-corrected chi connectivity index (χ3v) is 6.12. The highest BCUT2D eigenvalue weighted by Crippen LogP contribution is 2.27. The molecule has 5 nitrogen and oxygen atoms in total. The first-order chi connectivity index (χ1) is 11.8. The van der Waals surface area contributed by atoms with Crippen LogP contribution in [0, 0.1) is 0 Å². The first kappa shape index (κ1) is 18.4. The van der Waals surface area contributed by atoms with E-state index >= 15 is 0 Å². The van der Waals surface area contributed by atoms with E-state index in [-0.39, 0.29) is 25.2 Å². The zero-order valence-electron chi connectivity index (χ0n) is 12.2. The molecule has 3 aromatic rings. The Balaban J connectivity index is 1.85. The van der Waals surface area contributed by atoms with Gasteiger partial charge in [0.05, 0.1) is 14.9 Å². The van der Waals surface area contributed by atoms with E-state index in [9.17, 15) is 8.42 Å². The molecule has 0 bridgehead atoms. The Morgan fingerprint density at radius 2 is 1.60 bits per heavy atom. The van der Waals surface area contributed by atoms with Crippen molar-refractivity contribution >= 4 is 62.1 Å². The van der Waals surface area contributed by atoms with Gasteiger partial charge in [0.2, 0.25) is 0 Å². The Bertz CT molecular complexity index is 1030. The summed E-state index contributed by atoms with van der Waals surface area (Å²) in [5, 5.41) is 0.893. The highest BCUT2D eigenvalue weighted by Gasteiger charge is 2.16. The number of aromatic nitrogens is 2. The highest BCUT2D eigenvalue weighted by atomic mass is 35.5. The number of nitrogens with zero attached hydrogens (tertiary/aromatic N) is 2. The lowest BCUT2D eigenvalue weighted by Gasteiger charge is -2.10. The van der Waals surface area contributed by atoms with Crippen LogP contribution in [0.2, 0.25) is 20.4 Å². The first-order valence-electron chi connectivity index (χ1n) is 6.74. The van der Waals surface area contributed by atoms with Crippen LogP contribution in [0.5, 0.6) is 0 Å². The zero-order valence-corrected chi connectivity index (χ0v) is 16.1. The van der Waals surface area contributed by atoms with Crippen LogP contribution < -0.4 is 4.72 Å². The van der Waals surface area contributed by atoms with E-state index in [4.69, 9.17) is 46.4 Å². The molecule has 0 atom stereocenters. The summed E-state index contributed by atoms with van der Waals surface area (Å²) in [4.78, 5) is 3.90. The van der Waals surface area contributed by atoms with Gasteiger partial charge in [-0.25, -0.2) is 13.4 Å². The summed E-state index contributed by atoms with van der Waals surface area (Å²) in [5.41, 5.74) is 1.05. The van der Waals surface area contributed by atoms with Gasteiger partial charge in [0.15, 0.2) is 10.3 Å². The van der Waals surface area contributed by atoms with Gasteiger partial charge < -0.3 is 0 Å². The van der Waals surface area contributed by atoms with Crippen molar-refractivity contribution in [2.45, 2.75) is 4.90 Å². The van der Waals surface area contributed by atoms with Crippen molar-refractivity contribution in [2.24, 2.45) is 0 Å². The van der Waals surface area contributed by atoms with Crippen LogP contribution in [-0.4, -0.2) is 18.0 Å². The van der Waals surface area contributed by atoms with Crippen LogP contribution in [0.25, 0.3) is 5.69 Å². The van der Waals surface area contributed by atoms with E-state index in [1.165, 1.54) is 24.5 Å². The fourth-order valence-corrected chi connectivity index (χ4v) is 3.81. The van der Waals surface area contributed by atoms with Gasteiger partial charge in [-0.3, -0.25) is 9.29 Å². The third-order valence-electron chi connectivity index (χ3n) is 3.27. The minimum Gasteiger partial charge on any atom is -0.288 e.